The first-order valence-electron chi connectivity index (χ1n) is 9.06. The second-order valence-corrected chi connectivity index (χ2v) is 7.65. The number of fused-ring (bicyclic) bond motifs is 3. The van der Waals surface area contributed by atoms with Crippen LogP contribution in [-0.2, 0) is 4.74 Å². The van der Waals surface area contributed by atoms with Gasteiger partial charge in [0.1, 0.15) is 5.60 Å². The maximum atomic E-state index is 12.6. The summed E-state index contributed by atoms with van der Waals surface area (Å²) >= 11 is 0. The number of amides is 1. The predicted octanol–water partition coefficient (Wildman–Crippen LogP) is 4.29. The van der Waals surface area contributed by atoms with Gasteiger partial charge in [-0.25, -0.2) is 4.79 Å². The van der Waals surface area contributed by atoms with Crippen molar-refractivity contribution in [3.8, 4) is 11.1 Å². The molecule has 3 aliphatic rings. The van der Waals surface area contributed by atoms with E-state index in [2.05, 4.69) is 12.4 Å². The van der Waals surface area contributed by atoms with Crippen LogP contribution < -0.4 is 5.32 Å². The van der Waals surface area contributed by atoms with Crippen molar-refractivity contribution >= 4 is 11.8 Å². The lowest BCUT2D eigenvalue weighted by Crippen LogP contribution is -2.63. The standard InChI is InChI=1S/C21H24N2O2/c1-23-14-11-21(12-15-23,13-16-23)25-20(24)22-19-10-6-5-9-18(19)17-7-3-2-4-8-17/h2-10H,11-16H2,1H3/p+1. The molecule has 0 unspecified atom stereocenters. The van der Waals surface area contributed by atoms with Crippen LogP contribution in [-0.4, -0.2) is 42.9 Å². The van der Waals surface area contributed by atoms with Crippen LogP contribution in [0, 0.1) is 0 Å². The van der Waals surface area contributed by atoms with Crippen molar-refractivity contribution in [2.45, 2.75) is 24.9 Å². The number of carbonyl (C=O) groups is 1. The molecular weight excluding hydrogens is 312 g/mol. The van der Waals surface area contributed by atoms with E-state index in [4.69, 9.17) is 4.74 Å². The number of benzene rings is 2. The van der Waals surface area contributed by atoms with Gasteiger partial charge in [0.25, 0.3) is 0 Å². The Bertz CT molecular complexity index is 748. The molecule has 2 bridgehead atoms. The molecular formula is C21H25N2O2+. The van der Waals surface area contributed by atoms with Crippen LogP contribution in [0.15, 0.2) is 54.6 Å². The smallest absolute Gasteiger partial charge is 0.412 e. The van der Waals surface area contributed by atoms with Gasteiger partial charge in [-0.05, 0) is 11.6 Å². The van der Waals surface area contributed by atoms with Crippen molar-refractivity contribution in [2.75, 3.05) is 32.0 Å². The van der Waals surface area contributed by atoms with Crippen molar-refractivity contribution in [3.05, 3.63) is 54.6 Å². The van der Waals surface area contributed by atoms with E-state index in [9.17, 15) is 4.79 Å². The zero-order valence-electron chi connectivity index (χ0n) is 14.7. The number of hydrogen-bond donors (Lipinski definition) is 1. The van der Waals surface area contributed by atoms with E-state index in [-0.39, 0.29) is 11.7 Å². The fourth-order valence-corrected chi connectivity index (χ4v) is 4.08. The second-order valence-electron chi connectivity index (χ2n) is 7.65. The molecule has 0 saturated carbocycles. The molecule has 4 heteroatoms. The quantitative estimate of drug-likeness (QED) is 0.849. The molecule has 0 spiro atoms. The Morgan fingerprint density at radius 1 is 0.960 bits per heavy atom. The molecule has 1 N–H and O–H groups in total. The zero-order chi connectivity index (χ0) is 17.3. The Labute approximate surface area is 149 Å². The van der Waals surface area contributed by atoms with E-state index >= 15 is 0 Å². The van der Waals surface area contributed by atoms with E-state index < -0.39 is 0 Å². The van der Waals surface area contributed by atoms with Crippen LogP contribution in [0.1, 0.15) is 19.3 Å². The minimum Gasteiger partial charge on any atom is -0.442 e. The molecule has 130 valence electrons. The molecule has 25 heavy (non-hydrogen) atoms. The molecule has 0 aromatic heterocycles. The zero-order valence-corrected chi connectivity index (χ0v) is 14.7. The molecule has 0 radical (unpaired) electrons. The summed E-state index contributed by atoms with van der Waals surface area (Å²) in [6.45, 7) is 3.32. The molecule has 3 aliphatic heterocycles. The first-order chi connectivity index (χ1) is 12.1. The first kappa shape index (κ1) is 16.2. The monoisotopic (exact) mass is 337 g/mol. The van der Waals surface area contributed by atoms with Crippen molar-refractivity contribution in [3.63, 3.8) is 0 Å². The summed E-state index contributed by atoms with van der Waals surface area (Å²) in [7, 11) is 2.30. The highest BCUT2D eigenvalue weighted by atomic mass is 16.6. The third-order valence-electron chi connectivity index (χ3n) is 5.88. The van der Waals surface area contributed by atoms with Gasteiger partial charge < -0.3 is 9.22 Å². The van der Waals surface area contributed by atoms with Crippen LogP contribution in [0.3, 0.4) is 0 Å². The summed E-state index contributed by atoms with van der Waals surface area (Å²) in [6.07, 6.45) is 2.58. The van der Waals surface area contributed by atoms with Crippen molar-refractivity contribution in [1.29, 1.82) is 0 Å². The lowest BCUT2D eigenvalue weighted by Gasteiger charge is -2.51. The summed E-state index contributed by atoms with van der Waals surface area (Å²) in [5.41, 5.74) is 2.62. The van der Waals surface area contributed by atoms with Crippen molar-refractivity contribution in [1.82, 2.24) is 0 Å². The molecule has 2 aromatic rings. The van der Waals surface area contributed by atoms with Gasteiger partial charge in [-0.2, -0.15) is 0 Å². The Morgan fingerprint density at radius 3 is 2.24 bits per heavy atom. The number of para-hydroxylation sites is 1. The summed E-state index contributed by atoms with van der Waals surface area (Å²) in [5, 5.41) is 2.98. The molecule has 3 fully saturated rings. The summed E-state index contributed by atoms with van der Waals surface area (Å²) in [5.74, 6) is 0. The minimum absolute atomic E-state index is 0.262. The van der Waals surface area contributed by atoms with Crippen LogP contribution in [0.4, 0.5) is 10.5 Å². The third kappa shape index (κ3) is 3.27. The number of hydrogen-bond acceptors (Lipinski definition) is 2. The lowest BCUT2D eigenvalue weighted by molar-refractivity contribution is -0.926. The normalized spacial score (nSPS) is 27.7. The topological polar surface area (TPSA) is 38.3 Å². The van der Waals surface area contributed by atoms with Crippen LogP contribution in [0.5, 0.6) is 0 Å². The number of nitrogens with one attached hydrogen (secondary N) is 1. The number of quaternary nitrogens is 1. The SMILES string of the molecule is C[N+]12CCC(OC(=O)Nc3ccccc3-c3ccccc3)(CC1)CC2. The molecule has 0 atom stereocenters. The molecule has 5 rings (SSSR count). The molecule has 4 nitrogen and oxygen atoms in total. The highest BCUT2D eigenvalue weighted by Gasteiger charge is 2.49. The molecule has 1 amide bonds. The number of carbonyl (C=O) groups excluding carboxylic acids is 1. The van der Waals surface area contributed by atoms with E-state index in [1.165, 1.54) is 0 Å². The molecule has 2 aromatic carbocycles. The Balaban J connectivity index is 1.49. The average Bonchev–Trinajstić information content (AvgIpc) is 2.64. The van der Waals surface area contributed by atoms with Crippen molar-refractivity contribution in [2.24, 2.45) is 0 Å². The maximum Gasteiger partial charge on any atom is 0.412 e. The van der Waals surface area contributed by atoms with Gasteiger partial charge in [0.15, 0.2) is 0 Å². The Morgan fingerprint density at radius 2 is 1.56 bits per heavy atom. The van der Waals surface area contributed by atoms with E-state index in [1.807, 2.05) is 54.6 Å². The lowest BCUT2D eigenvalue weighted by atomic mass is 9.81. The number of anilines is 1. The minimum atomic E-state index is -0.332. The van der Waals surface area contributed by atoms with E-state index in [1.54, 1.807) is 0 Å². The third-order valence-corrected chi connectivity index (χ3v) is 5.88. The second kappa shape index (κ2) is 6.19. The summed E-state index contributed by atoms with van der Waals surface area (Å²) in [4.78, 5) is 12.6. The average molecular weight is 337 g/mol. The molecule has 3 saturated heterocycles. The van der Waals surface area contributed by atoms with Gasteiger partial charge in [-0.3, -0.25) is 5.32 Å². The van der Waals surface area contributed by atoms with Crippen LogP contribution in [0.25, 0.3) is 11.1 Å². The fraction of sp³-hybridized carbons (Fsp3) is 0.381. The van der Waals surface area contributed by atoms with Crippen LogP contribution >= 0.6 is 0 Å². The van der Waals surface area contributed by atoms with Gasteiger partial charge in [-0.15, -0.1) is 0 Å². The number of piperidine rings is 3. The number of rotatable bonds is 3. The summed E-state index contributed by atoms with van der Waals surface area (Å²) in [6, 6.07) is 18.0. The van der Waals surface area contributed by atoms with Gasteiger partial charge in [0.2, 0.25) is 0 Å². The summed E-state index contributed by atoms with van der Waals surface area (Å²) < 4.78 is 7.07. The predicted molar refractivity (Wildman–Crippen MR) is 99.3 cm³/mol. The van der Waals surface area contributed by atoms with Gasteiger partial charge in [0.05, 0.1) is 32.4 Å². The number of nitrogens with zero attached hydrogens (tertiary/aromatic N) is 1. The molecule has 0 aliphatic carbocycles. The maximum absolute atomic E-state index is 12.6. The van der Waals surface area contributed by atoms with Gasteiger partial charge in [-0.1, -0.05) is 48.5 Å². The van der Waals surface area contributed by atoms with E-state index in [0.29, 0.717) is 0 Å². The Hall–Kier alpha value is -2.33. The van der Waals surface area contributed by atoms with Crippen molar-refractivity contribution < 1.29 is 14.0 Å². The largest absolute Gasteiger partial charge is 0.442 e. The molecule has 3 heterocycles. The number of ether oxygens (including phenoxy) is 1. The van der Waals surface area contributed by atoms with Crippen LogP contribution in [0.2, 0.25) is 0 Å². The fourth-order valence-electron chi connectivity index (χ4n) is 4.08. The van der Waals surface area contributed by atoms with Gasteiger partial charge >= 0.3 is 6.09 Å². The Kier molecular flexibility index (Phi) is 4.00. The first-order valence-corrected chi connectivity index (χ1v) is 9.06. The van der Waals surface area contributed by atoms with E-state index in [0.717, 1.165) is 60.2 Å². The highest BCUT2D eigenvalue weighted by molar-refractivity contribution is 5.91. The van der Waals surface area contributed by atoms with Gasteiger partial charge in [0, 0.05) is 24.8 Å². The highest BCUT2D eigenvalue weighted by Crippen LogP contribution is 2.39.